The largest absolute Gasteiger partial charge is 0.479 e. The zero-order chi connectivity index (χ0) is 14.2. The molecule has 0 spiro atoms. The molecular formula is C11H9F3N2O3. The number of hydrogen-bond acceptors (Lipinski definition) is 3. The van der Waals surface area contributed by atoms with Crippen molar-refractivity contribution in [3.63, 3.8) is 0 Å². The summed E-state index contributed by atoms with van der Waals surface area (Å²) in [5.74, 6) is -2.16. The monoisotopic (exact) mass is 274 g/mol. The summed E-state index contributed by atoms with van der Waals surface area (Å²) < 4.78 is 41.5. The van der Waals surface area contributed by atoms with Crippen LogP contribution in [0.25, 0.3) is 0 Å². The van der Waals surface area contributed by atoms with Crippen LogP contribution in [0, 0.1) is 0 Å². The lowest BCUT2D eigenvalue weighted by atomic mass is 10.2. The summed E-state index contributed by atoms with van der Waals surface area (Å²) in [4.78, 5) is 22.1. The second kappa shape index (κ2) is 4.45. The molecule has 1 atom stereocenters. The molecule has 0 fully saturated rings. The van der Waals surface area contributed by atoms with Gasteiger partial charge in [0.15, 0.2) is 6.10 Å². The van der Waals surface area contributed by atoms with Crippen LogP contribution in [0.1, 0.15) is 6.92 Å². The highest BCUT2D eigenvalue weighted by Crippen LogP contribution is 2.32. The number of carbonyl (C=O) groups excluding carboxylic acids is 2. The molecule has 1 aromatic rings. The maximum absolute atomic E-state index is 12.1. The Bertz CT molecular complexity index is 542. The zero-order valence-corrected chi connectivity index (χ0v) is 9.67. The van der Waals surface area contributed by atoms with Crippen molar-refractivity contribution in [2.75, 3.05) is 10.6 Å². The molecule has 2 N–H and O–H groups in total. The first-order valence-electron chi connectivity index (χ1n) is 5.27. The molecule has 1 aliphatic heterocycles. The van der Waals surface area contributed by atoms with Crippen molar-refractivity contribution in [1.29, 1.82) is 0 Å². The van der Waals surface area contributed by atoms with E-state index in [1.165, 1.54) is 25.1 Å². The van der Waals surface area contributed by atoms with Gasteiger partial charge in [-0.2, -0.15) is 13.2 Å². The Morgan fingerprint density at radius 2 is 2.11 bits per heavy atom. The number of halogens is 3. The van der Waals surface area contributed by atoms with Crippen molar-refractivity contribution in [2.45, 2.75) is 19.2 Å². The number of benzene rings is 1. The van der Waals surface area contributed by atoms with Crippen LogP contribution in [0.2, 0.25) is 0 Å². The average molecular weight is 274 g/mol. The van der Waals surface area contributed by atoms with E-state index in [2.05, 4.69) is 5.32 Å². The number of ether oxygens (including phenoxy) is 1. The first-order valence-corrected chi connectivity index (χ1v) is 5.27. The Kier molecular flexibility index (Phi) is 3.09. The van der Waals surface area contributed by atoms with Crippen LogP contribution in [0.5, 0.6) is 5.75 Å². The molecule has 102 valence electrons. The summed E-state index contributed by atoms with van der Waals surface area (Å²) in [6, 6.07) is 3.83. The molecule has 1 unspecified atom stereocenters. The molecule has 8 heteroatoms. The molecule has 5 nitrogen and oxygen atoms in total. The fraction of sp³-hybridized carbons (Fsp3) is 0.273. The first kappa shape index (κ1) is 13.2. The highest BCUT2D eigenvalue weighted by molar-refractivity contribution is 6.00. The van der Waals surface area contributed by atoms with E-state index in [1.807, 2.05) is 0 Å². The highest BCUT2D eigenvalue weighted by atomic mass is 19.4. The van der Waals surface area contributed by atoms with E-state index in [9.17, 15) is 22.8 Å². The van der Waals surface area contributed by atoms with E-state index in [0.717, 1.165) is 0 Å². The van der Waals surface area contributed by atoms with Gasteiger partial charge in [0.1, 0.15) is 5.75 Å². The van der Waals surface area contributed by atoms with Crippen LogP contribution in [-0.2, 0) is 9.59 Å². The minimum atomic E-state index is -4.97. The van der Waals surface area contributed by atoms with Gasteiger partial charge in [0.05, 0.1) is 5.69 Å². The Morgan fingerprint density at radius 1 is 1.42 bits per heavy atom. The van der Waals surface area contributed by atoms with Crippen molar-refractivity contribution in [3.8, 4) is 5.75 Å². The number of hydrogen-bond donors (Lipinski definition) is 2. The molecule has 0 aliphatic carbocycles. The number of carbonyl (C=O) groups is 2. The van der Waals surface area contributed by atoms with E-state index in [0.29, 0.717) is 5.75 Å². The normalized spacial score (nSPS) is 18.1. The Hall–Kier alpha value is -2.25. The van der Waals surface area contributed by atoms with Gasteiger partial charge in [-0.1, -0.05) is 0 Å². The number of nitrogens with one attached hydrogen (secondary N) is 2. The Morgan fingerprint density at radius 3 is 2.74 bits per heavy atom. The highest BCUT2D eigenvalue weighted by Gasteiger charge is 2.38. The summed E-state index contributed by atoms with van der Waals surface area (Å²) in [5, 5.41) is 4.15. The number of anilines is 2. The van der Waals surface area contributed by atoms with E-state index < -0.39 is 24.1 Å². The van der Waals surface area contributed by atoms with Crippen LogP contribution >= 0.6 is 0 Å². The van der Waals surface area contributed by atoms with Crippen molar-refractivity contribution >= 4 is 23.2 Å². The van der Waals surface area contributed by atoms with Gasteiger partial charge < -0.3 is 15.4 Å². The Balaban J connectivity index is 2.20. The van der Waals surface area contributed by atoms with Crippen molar-refractivity contribution in [3.05, 3.63) is 18.2 Å². The third-order valence-electron chi connectivity index (χ3n) is 2.43. The van der Waals surface area contributed by atoms with E-state index >= 15 is 0 Å². The molecule has 1 aromatic carbocycles. The molecule has 1 aliphatic rings. The molecule has 0 bridgehead atoms. The smallest absolute Gasteiger partial charge is 0.471 e. The van der Waals surface area contributed by atoms with Crippen LogP contribution < -0.4 is 15.4 Å². The summed E-state index contributed by atoms with van der Waals surface area (Å²) in [6.07, 6.45) is -5.65. The van der Waals surface area contributed by atoms with Gasteiger partial charge in [-0.3, -0.25) is 9.59 Å². The van der Waals surface area contributed by atoms with Gasteiger partial charge in [-0.15, -0.1) is 0 Å². The van der Waals surface area contributed by atoms with Gasteiger partial charge >= 0.3 is 12.1 Å². The zero-order valence-electron chi connectivity index (χ0n) is 9.67. The lowest BCUT2D eigenvalue weighted by molar-refractivity contribution is -0.167. The maximum atomic E-state index is 12.1. The predicted molar refractivity (Wildman–Crippen MR) is 59.8 cm³/mol. The third kappa shape index (κ3) is 2.78. The first-order chi connectivity index (χ1) is 8.77. The lowest BCUT2D eigenvalue weighted by Crippen LogP contribution is -2.34. The van der Waals surface area contributed by atoms with Crippen molar-refractivity contribution < 1.29 is 27.5 Å². The summed E-state index contributed by atoms with van der Waals surface area (Å²) in [5.41, 5.74) is 0.127. The number of alkyl halides is 3. The quantitative estimate of drug-likeness (QED) is 0.822. The van der Waals surface area contributed by atoms with Crippen molar-refractivity contribution in [1.82, 2.24) is 0 Å². The van der Waals surface area contributed by atoms with Gasteiger partial charge in [0.2, 0.25) is 0 Å². The number of amides is 2. The minimum Gasteiger partial charge on any atom is -0.479 e. The van der Waals surface area contributed by atoms with Crippen LogP contribution in [0.3, 0.4) is 0 Å². The molecule has 2 amide bonds. The maximum Gasteiger partial charge on any atom is 0.471 e. The molecule has 0 saturated carbocycles. The van der Waals surface area contributed by atoms with Gasteiger partial charge in [-0.05, 0) is 25.1 Å². The average Bonchev–Trinajstić information content (AvgIpc) is 2.29. The van der Waals surface area contributed by atoms with E-state index in [1.54, 1.807) is 5.32 Å². The molecule has 2 rings (SSSR count). The third-order valence-corrected chi connectivity index (χ3v) is 2.43. The van der Waals surface area contributed by atoms with Crippen LogP contribution in [0.15, 0.2) is 18.2 Å². The number of fused-ring (bicyclic) bond motifs is 1. The molecular weight excluding hydrogens is 265 g/mol. The fourth-order valence-corrected chi connectivity index (χ4v) is 1.49. The molecule has 0 saturated heterocycles. The SMILES string of the molecule is CC1Oc2ccc(NC(=O)C(F)(F)F)cc2NC1=O. The summed E-state index contributed by atoms with van der Waals surface area (Å²) in [6.45, 7) is 1.54. The van der Waals surface area contributed by atoms with Crippen LogP contribution in [0.4, 0.5) is 24.5 Å². The molecule has 0 radical (unpaired) electrons. The molecule has 19 heavy (non-hydrogen) atoms. The fourth-order valence-electron chi connectivity index (χ4n) is 1.49. The van der Waals surface area contributed by atoms with E-state index in [4.69, 9.17) is 4.74 Å². The summed E-state index contributed by atoms with van der Waals surface area (Å²) in [7, 11) is 0. The molecule has 1 heterocycles. The standard InChI is InChI=1S/C11H9F3N2O3/c1-5-9(17)16-7-4-6(2-3-8(7)19-5)15-10(18)11(12,13)14/h2-5H,1H3,(H,15,18)(H,16,17). The van der Waals surface area contributed by atoms with Gasteiger partial charge in [0, 0.05) is 5.69 Å². The van der Waals surface area contributed by atoms with Crippen LogP contribution in [-0.4, -0.2) is 24.1 Å². The topological polar surface area (TPSA) is 67.4 Å². The minimum absolute atomic E-state index is 0.0838. The second-order valence-electron chi connectivity index (χ2n) is 3.91. The lowest BCUT2D eigenvalue weighted by Gasteiger charge is -2.23. The summed E-state index contributed by atoms with van der Waals surface area (Å²) >= 11 is 0. The second-order valence-corrected chi connectivity index (χ2v) is 3.91. The Labute approximate surface area is 105 Å². The number of rotatable bonds is 1. The van der Waals surface area contributed by atoms with Gasteiger partial charge in [-0.25, -0.2) is 0 Å². The van der Waals surface area contributed by atoms with Gasteiger partial charge in [0.25, 0.3) is 5.91 Å². The predicted octanol–water partition coefficient (Wildman–Crippen LogP) is 1.91. The van der Waals surface area contributed by atoms with E-state index in [-0.39, 0.29) is 11.4 Å². The molecule has 0 aromatic heterocycles. The van der Waals surface area contributed by atoms with Crippen molar-refractivity contribution in [2.24, 2.45) is 0 Å².